The second-order valence-electron chi connectivity index (χ2n) is 8.28. The maximum absolute atomic E-state index is 13.3. The number of Topliss-reactive ketones (excluding diaryl/α,β-unsaturated/α-hetero) is 1. The SMILES string of the molecule is Cc1ccc2nc(N3C(=O)C(=O)/C(=C(/O)c4ccc5c(c4)OCCO5)C3c3ccncc3)sc2c1. The Balaban J connectivity index is 1.53. The third kappa shape index (κ3) is 3.52. The fraction of sp³-hybridized carbons (Fsp3) is 0.154. The lowest BCUT2D eigenvalue weighted by Gasteiger charge is -2.23. The third-order valence-corrected chi connectivity index (χ3v) is 7.04. The van der Waals surface area contributed by atoms with E-state index in [0.29, 0.717) is 41.0 Å². The molecule has 2 aliphatic heterocycles. The highest BCUT2D eigenvalue weighted by atomic mass is 32.1. The summed E-state index contributed by atoms with van der Waals surface area (Å²) in [6, 6.07) is 13.3. The molecule has 9 heteroatoms. The normalized spacial score (nSPS) is 18.9. The van der Waals surface area contributed by atoms with Gasteiger partial charge in [-0.1, -0.05) is 17.4 Å². The first kappa shape index (κ1) is 21.3. The van der Waals surface area contributed by atoms with Crippen molar-refractivity contribution >= 4 is 44.1 Å². The Morgan fingerprint density at radius 3 is 2.60 bits per heavy atom. The van der Waals surface area contributed by atoms with E-state index >= 15 is 0 Å². The Hall–Kier alpha value is -4.24. The van der Waals surface area contributed by atoms with Crippen LogP contribution in [-0.4, -0.2) is 40.0 Å². The summed E-state index contributed by atoms with van der Waals surface area (Å²) in [5.41, 5.74) is 2.77. The molecule has 1 saturated heterocycles. The molecular weight excluding hydrogens is 466 g/mol. The summed E-state index contributed by atoms with van der Waals surface area (Å²) < 4.78 is 12.1. The number of benzene rings is 2. The molecule has 4 aromatic rings. The quantitative estimate of drug-likeness (QED) is 0.261. The van der Waals surface area contributed by atoms with Gasteiger partial charge in [0.05, 0.1) is 21.8 Å². The molecular formula is C26H19N3O5S. The maximum Gasteiger partial charge on any atom is 0.301 e. The van der Waals surface area contributed by atoms with E-state index in [1.165, 1.54) is 16.2 Å². The molecule has 4 heterocycles. The number of aliphatic hydroxyl groups is 1. The fourth-order valence-electron chi connectivity index (χ4n) is 4.36. The van der Waals surface area contributed by atoms with Crippen molar-refractivity contribution in [1.29, 1.82) is 0 Å². The van der Waals surface area contributed by atoms with E-state index in [0.717, 1.165) is 15.8 Å². The van der Waals surface area contributed by atoms with Crippen LogP contribution in [0, 0.1) is 6.92 Å². The molecule has 35 heavy (non-hydrogen) atoms. The molecule has 0 radical (unpaired) electrons. The highest BCUT2D eigenvalue weighted by molar-refractivity contribution is 7.22. The number of ketones is 1. The zero-order valence-electron chi connectivity index (χ0n) is 18.6. The molecule has 1 fully saturated rings. The van der Waals surface area contributed by atoms with Gasteiger partial charge < -0.3 is 14.6 Å². The number of carbonyl (C=O) groups excluding carboxylic acids is 2. The Bertz CT molecular complexity index is 1530. The molecule has 2 aliphatic rings. The van der Waals surface area contributed by atoms with Crippen molar-refractivity contribution in [3.63, 3.8) is 0 Å². The van der Waals surface area contributed by atoms with Crippen molar-refractivity contribution in [3.8, 4) is 11.5 Å². The van der Waals surface area contributed by atoms with Crippen molar-refractivity contribution in [2.75, 3.05) is 18.1 Å². The van der Waals surface area contributed by atoms with Gasteiger partial charge in [-0.05, 0) is 60.5 Å². The van der Waals surface area contributed by atoms with Gasteiger partial charge in [0.2, 0.25) is 0 Å². The molecule has 2 aromatic carbocycles. The van der Waals surface area contributed by atoms with Crippen LogP contribution in [0.2, 0.25) is 0 Å². The second kappa shape index (κ2) is 8.21. The van der Waals surface area contributed by atoms with Crippen molar-refractivity contribution in [2.24, 2.45) is 0 Å². The molecule has 0 aliphatic carbocycles. The van der Waals surface area contributed by atoms with Gasteiger partial charge in [-0.3, -0.25) is 19.5 Å². The van der Waals surface area contributed by atoms with E-state index < -0.39 is 17.7 Å². The summed E-state index contributed by atoms with van der Waals surface area (Å²) in [6.45, 7) is 2.80. The first-order chi connectivity index (χ1) is 17.0. The third-order valence-electron chi connectivity index (χ3n) is 6.02. The molecule has 0 saturated carbocycles. The van der Waals surface area contributed by atoms with Crippen LogP contribution < -0.4 is 14.4 Å². The number of aryl methyl sites for hydroxylation is 1. The van der Waals surface area contributed by atoms with E-state index in [1.54, 1.807) is 42.7 Å². The van der Waals surface area contributed by atoms with Gasteiger partial charge in [-0.2, -0.15) is 0 Å². The number of thiazole rings is 1. The Labute approximate surface area is 204 Å². The van der Waals surface area contributed by atoms with Crippen LogP contribution in [0.1, 0.15) is 22.7 Å². The number of amides is 1. The zero-order valence-corrected chi connectivity index (χ0v) is 19.4. The van der Waals surface area contributed by atoms with Gasteiger partial charge in [0.25, 0.3) is 5.78 Å². The summed E-state index contributed by atoms with van der Waals surface area (Å²) in [7, 11) is 0. The van der Waals surface area contributed by atoms with Crippen LogP contribution in [0.25, 0.3) is 16.0 Å². The molecule has 8 nitrogen and oxygen atoms in total. The summed E-state index contributed by atoms with van der Waals surface area (Å²) in [6.07, 6.45) is 3.17. The average Bonchev–Trinajstić information content (AvgIpc) is 3.41. The predicted molar refractivity (Wildman–Crippen MR) is 131 cm³/mol. The van der Waals surface area contributed by atoms with Gasteiger partial charge in [-0.25, -0.2) is 4.98 Å². The zero-order chi connectivity index (χ0) is 24.1. The number of ether oxygens (including phenoxy) is 2. The number of aliphatic hydroxyl groups excluding tert-OH is 1. The second-order valence-corrected chi connectivity index (χ2v) is 9.28. The van der Waals surface area contributed by atoms with Crippen LogP contribution >= 0.6 is 11.3 Å². The number of pyridine rings is 1. The topological polar surface area (TPSA) is 102 Å². The van der Waals surface area contributed by atoms with Gasteiger partial charge in [0.15, 0.2) is 16.6 Å². The van der Waals surface area contributed by atoms with Gasteiger partial charge in [0, 0.05) is 18.0 Å². The number of nitrogens with zero attached hydrogens (tertiary/aromatic N) is 3. The number of rotatable bonds is 3. The number of aromatic nitrogens is 2. The standard InChI is InChI=1S/C26H19N3O5S/c1-14-2-4-17-20(12-14)35-26(28-17)29-22(15-6-8-27-9-7-15)21(24(31)25(29)32)23(30)16-3-5-18-19(13-16)34-11-10-33-18/h2-9,12-13,22,30H,10-11H2,1H3/b23-21+. The molecule has 174 valence electrons. The highest BCUT2D eigenvalue weighted by Crippen LogP contribution is 2.45. The maximum atomic E-state index is 13.3. The average molecular weight is 486 g/mol. The Morgan fingerprint density at radius 1 is 1.03 bits per heavy atom. The van der Waals surface area contributed by atoms with Crippen LogP contribution in [0.15, 0.2) is 66.5 Å². The lowest BCUT2D eigenvalue weighted by Crippen LogP contribution is -2.29. The summed E-state index contributed by atoms with van der Waals surface area (Å²) >= 11 is 1.33. The summed E-state index contributed by atoms with van der Waals surface area (Å²) in [5, 5.41) is 11.7. The van der Waals surface area contributed by atoms with Gasteiger partial charge >= 0.3 is 5.91 Å². The number of anilines is 1. The highest BCUT2D eigenvalue weighted by Gasteiger charge is 2.48. The van der Waals surface area contributed by atoms with Crippen molar-refractivity contribution < 1.29 is 24.2 Å². The number of carbonyl (C=O) groups is 2. The van der Waals surface area contributed by atoms with E-state index in [4.69, 9.17) is 9.47 Å². The summed E-state index contributed by atoms with van der Waals surface area (Å²) in [5.74, 6) is -0.793. The minimum atomic E-state index is -0.868. The van der Waals surface area contributed by atoms with Gasteiger partial charge in [-0.15, -0.1) is 0 Å². The minimum absolute atomic E-state index is 0.0201. The molecule has 2 aromatic heterocycles. The molecule has 1 unspecified atom stereocenters. The van der Waals surface area contributed by atoms with Crippen LogP contribution in [0.3, 0.4) is 0 Å². The lowest BCUT2D eigenvalue weighted by molar-refractivity contribution is -0.132. The van der Waals surface area contributed by atoms with Crippen molar-refractivity contribution in [1.82, 2.24) is 9.97 Å². The smallest absolute Gasteiger partial charge is 0.301 e. The Morgan fingerprint density at radius 2 is 1.80 bits per heavy atom. The first-order valence-corrected chi connectivity index (χ1v) is 11.8. The van der Waals surface area contributed by atoms with Crippen LogP contribution in [0.5, 0.6) is 11.5 Å². The molecule has 1 N–H and O–H groups in total. The number of hydrogen-bond acceptors (Lipinski definition) is 8. The Kier molecular flexibility index (Phi) is 5.00. The number of hydrogen-bond donors (Lipinski definition) is 1. The molecule has 0 bridgehead atoms. The molecule has 1 amide bonds. The monoisotopic (exact) mass is 485 g/mol. The predicted octanol–water partition coefficient (Wildman–Crippen LogP) is 4.40. The first-order valence-electron chi connectivity index (χ1n) is 11.0. The van der Waals surface area contributed by atoms with E-state index in [-0.39, 0.29) is 11.3 Å². The molecule has 0 spiro atoms. The van der Waals surface area contributed by atoms with E-state index in [9.17, 15) is 14.7 Å². The molecule has 1 atom stereocenters. The van der Waals surface area contributed by atoms with Gasteiger partial charge in [0.1, 0.15) is 19.0 Å². The van der Waals surface area contributed by atoms with Crippen LogP contribution in [-0.2, 0) is 9.59 Å². The summed E-state index contributed by atoms with van der Waals surface area (Å²) in [4.78, 5) is 36.8. The lowest BCUT2D eigenvalue weighted by atomic mass is 9.96. The van der Waals surface area contributed by atoms with E-state index in [1.807, 2.05) is 25.1 Å². The largest absolute Gasteiger partial charge is 0.507 e. The van der Waals surface area contributed by atoms with E-state index in [2.05, 4.69) is 9.97 Å². The fourth-order valence-corrected chi connectivity index (χ4v) is 5.45. The van der Waals surface area contributed by atoms with Crippen molar-refractivity contribution in [3.05, 3.63) is 83.2 Å². The minimum Gasteiger partial charge on any atom is -0.507 e. The molecule has 6 rings (SSSR count). The van der Waals surface area contributed by atoms with Crippen molar-refractivity contribution in [2.45, 2.75) is 13.0 Å². The van der Waals surface area contributed by atoms with Crippen LogP contribution in [0.4, 0.5) is 5.13 Å². The number of fused-ring (bicyclic) bond motifs is 2.